The minimum atomic E-state index is -0.314. The molecule has 128 valence electrons. The molecule has 0 bridgehead atoms. The van der Waals surface area contributed by atoms with Crippen LogP contribution in [0.5, 0.6) is 0 Å². The van der Waals surface area contributed by atoms with Crippen LogP contribution in [0.3, 0.4) is 0 Å². The molecule has 0 radical (unpaired) electrons. The zero-order valence-electron chi connectivity index (χ0n) is 13.7. The van der Waals surface area contributed by atoms with Crippen LogP contribution in [0.2, 0.25) is 0 Å². The number of fused-ring (bicyclic) bond motifs is 1. The van der Waals surface area contributed by atoms with Gasteiger partial charge in [0.05, 0.1) is 28.6 Å². The lowest BCUT2D eigenvalue weighted by molar-refractivity contribution is -0.113. The number of rotatable bonds is 2. The fourth-order valence-corrected chi connectivity index (χ4v) is 4.16. The van der Waals surface area contributed by atoms with Gasteiger partial charge in [0.1, 0.15) is 11.6 Å². The largest absolute Gasteiger partial charge is 0.310 e. The van der Waals surface area contributed by atoms with Gasteiger partial charge in [-0.2, -0.15) is 10.2 Å². The van der Waals surface area contributed by atoms with E-state index >= 15 is 0 Å². The van der Waals surface area contributed by atoms with Gasteiger partial charge < -0.3 is 5.32 Å². The molecule has 0 aliphatic carbocycles. The van der Waals surface area contributed by atoms with Crippen LogP contribution in [0.15, 0.2) is 36.7 Å². The molecular weight excluding hydrogens is 341 g/mol. The molecule has 1 aromatic carbocycles. The Morgan fingerprint density at radius 2 is 2.04 bits per heavy atom. The van der Waals surface area contributed by atoms with E-state index in [1.54, 1.807) is 39.5 Å². The van der Waals surface area contributed by atoms with Crippen molar-refractivity contribution < 1.29 is 9.18 Å². The average Bonchev–Trinajstić information content (AvgIpc) is 3.08. The molecule has 2 aromatic heterocycles. The Morgan fingerprint density at radius 1 is 1.28 bits per heavy atom. The summed E-state index contributed by atoms with van der Waals surface area (Å²) in [5.41, 5.74) is 3.59. The van der Waals surface area contributed by atoms with E-state index in [4.69, 9.17) is 0 Å². The summed E-state index contributed by atoms with van der Waals surface area (Å²) in [6.07, 6.45) is 3.73. The lowest BCUT2D eigenvalue weighted by Gasteiger charge is -2.13. The van der Waals surface area contributed by atoms with Crippen molar-refractivity contribution in [2.45, 2.75) is 12.2 Å². The van der Waals surface area contributed by atoms with Crippen molar-refractivity contribution in [3.63, 3.8) is 0 Å². The topological polar surface area (TPSA) is 64.7 Å². The zero-order chi connectivity index (χ0) is 17.6. The number of nitrogens with one attached hydrogen (secondary N) is 1. The SMILES string of the molecule is Cc1nn(C)cc1[C@H]1SCC(=O)Nc2c1cnn2-c1ccc(F)cc1. The van der Waals surface area contributed by atoms with Gasteiger partial charge in [0.2, 0.25) is 5.91 Å². The second-order valence-corrected chi connectivity index (χ2v) is 7.01. The predicted molar refractivity (Wildman–Crippen MR) is 94.4 cm³/mol. The summed E-state index contributed by atoms with van der Waals surface area (Å²) >= 11 is 1.55. The molecule has 1 amide bonds. The molecule has 1 N–H and O–H groups in total. The van der Waals surface area contributed by atoms with Crippen molar-refractivity contribution >= 4 is 23.5 Å². The van der Waals surface area contributed by atoms with E-state index in [1.807, 2.05) is 20.2 Å². The maximum atomic E-state index is 13.2. The molecule has 1 aliphatic rings. The first kappa shape index (κ1) is 15.9. The number of amides is 1. The Labute approximate surface area is 148 Å². The van der Waals surface area contributed by atoms with Crippen LogP contribution in [-0.2, 0) is 11.8 Å². The molecule has 0 unspecified atom stereocenters. The first-order chi connectivity index (χ1) is 12.0. The van der Waals surface area contributed by atoms with Crippen molar-refractivity contribution in [2.24, 2.45) is 7.05 Å². The normalized spacial score (nSPS) is 17.1. The van der Waals surface area contributed by atoms with E-state index in [0.717, 1.165) is 16.8 Å². The molecule has 6 nitrogen and oxygen atoms in total. The molecule has 0 saturated carbocycles. The van der Waals surface area contributed by atoms with Crippen molar-refractivity contribution in [3.05, 3.63) is 59.3 Å². The molecule has 3 heterocycles. The first-order valence-corrected chi connectivity index (χ1v) is 8.83. The van der Waals surface area contributed by atoms with E-state index in [2.05, 4.69) is 15.5 Å². The Hall–Kier alpha value is -2.61. The highest BCUT2D eigenvalue weighted by atomic mass is 32.2. The van der Waals surface area contributed by atoms with Crippen LogP contribution >= 0.6 is 11.8 Å². The second kappa shape index (κ2) is 6.03. The third-order valence-electron chi connectivity index (χ3n) is 4.12. The van der Waals surface area contributed by atoms with Crippen LogP contribution in [-0.4, -0.2) is 31.2 Å². The molecule has 0 saturated heterocycles. The Balaban J connectivity index is 1.84. The number of aryl methyl sites for hydroxylation is 2. The minimum Gasteiger partial charge on any atom is -0.310 e. The molecule has 3 aromatic rings. The summed E-state index contributed by atoms with van der Waals surface area (Å²) in [5.74, 6) is 0.566. The lowest BCUT2D eigenvalue weighted by Crippen LogP contribution is -2.15. The molecule has 4 rings (SSSR count). The van der Waals surface area contributed by atoms with Gasteiger partial charge in [-0.15, -0.1) is 11.8 Å². The molecular formula is C17H16FN5OS. The van der Waals surface area contributed by atoms with Crippen LogP contribution < -0.4 is 5.32 Å². The highest BCUT2D eigenvalue weighted by Gasteiger charge is 2.30. The van der Waals surface area contributed by atoms with Gasteiger partial charge in [-0.3, -0.25) is 9.48 Å². The van der Waals surface area contributed by atoms with Crippen molar-refractivity contribution in [2.75, 3.05) is 11.1 Å². The number of anilines is 1. The van der Waals surface area contributed by atoms with E-state index in [-0.39, 0.29) is 17.0 Å². The standard InChI is InChI=1S/C17H16FN5OS/c1-10-14(8-22(2)21-10)16-13-7-19-23(12-5-3-11(18)4-6-12)17(13)20-15(24)9-25-16/h3-8,16H,9H2,1-2H3,(H,20,24)/t16-/m0/s1. The second-order valence-electron chi connectivity index (χ2n) is 5.92. The van der Waals surface area contributed by atoms with E-state index in [0.29, 0.717) is 17.3 Å². The number of carbonyl (C=O) groups excluding carboxylic acids is 1. The number of hydrogen-bond acceptors (Lipinski definition) is 4. The Morgan fingerprint density at radius 3 is 2.72 bits per heavy atom. The van der Waals surface area contributed by atoms with Crippen molar-refractivity contribution in [1.29, 1.82) is 0 Å². The summed E-state index contributed by atoms with van der Waals surface area (Å²) in [4.78, 5) is 12.2. The number of benzene rings is 1. The van der Waals surface area contributed by atoms with Crippen molar-refractivity contribution in [1.82, 2.24) is 19.6 Å². The maximum Gasteiger partial charge on any atom is 0.235 e. The zero-order valence-corrected chi connectivity index (χ0v) is 14.5. The van der Waals surface area contributed by atoms with Gasteiger partial charge in [0.15, 0.2) is 0 Å². The number of halogens is 1. The van der Waals surface area contributed by atoms with Gasteiger partial charge >= 0.3 is 0 Å². The van der Waals surface area contributed by atoms with Gasteiger partial charge in [-0.25, -0.2) is 9.07 Å². The van der Waals surface area contributed by atoms with Crippen molar-refractivity contribution in [3.8, 4) is 5.69 Å². The average molecular weight is 357 g/mol. The summed E-state index contributed by atoms with van der Waals surface area (Å²) < 4.78 is 16.6. The predicted octanol–water partition coefficient (Wildman–Crippen LogP) is 2.83. The van der Waals surface area contributed by atoms with Crippen LogP contribution in [0.4, 0.5) is 10.2 Å². The fourth-order valence-electron chi connectivity index (χ4n) is 3.01. The van der Waals surface area contributed by atoms with Crippen LogP contribution in [0.25, 0.3) is 5.69 Å². The number of aromatic nitrogens is 4. The molecule has 1 atom stereocenters. The minimum absolute atomic E-state index is 0.0446. The first-order valence-electron chi connectivity index (χ1n) is 7.78. The monoisotopic (exact) mass is 357 g/mol. The quantitative estimate of drug-likeness (QED) is 0.766. The smallest absolute Gasteiger partial charge is 0.235 e. The number of carbonyl (C=O) groups is 1. The Bertz CT molecular complexity index is 947. The van der Waals surface area contributed by atoms with Gasteiger partial charge in [-0.05, 0) is 31.2 Å². The highest BCUT2D eigenvalue weighted by Crippen LogP contribution is 2.42. The third-order valence-corrected chi connectivity index (χ3v) is 5.39. The molecule has 1 aliphatic heterocycles. The Kier molecular flexibility index (Phi) is 3.84. The number of nitrogens with zero attached hydrogens (tertiary/aromatic N) is 4. The van der Waals surface area contributed by atoms with E-state index in [9.17, 15) is 9.18 Å². The highest BCUT2D eigenvalue weighted by molar-refractivity contribution is 8.00. The fraction of sp³-hybridized carbons (Fsp3) is 0.235. The summed E-state index contributed by atoms with van der Waals surface area (Å²) in [6.45, 7) is 1.96. The number of hydrogen-bond donors (Lipinski definition) is 1. The van der Waals surface area contributed by atoms with E-state index in [1.165, 1.54) is 12.1 Å². The van der Waals surface area contributed by atoms with Crippen LogP contribution in [0, 0.1) is 12.7 Å². The van der Waals surface area contributed by atoms with Gasteiger partial charge in [-0.1, -0.05) is 0 Å². The summed E-state index contributed by atoms with van der Waals surface area (Å²) in [5, 5.41) is 11.7. The molecule has 25 heavy (non-hydrogen) atoms. The molecule has 8 heteroatoms. The number of thioether (sulfide) groups is 1. The van der Waals surface area contributed by atoms with E-state index < -0.39 is 0 Å². The summed E-state index contributed by atoms with van der Waals surface area (Å²) in [7, 11) is 1.88. The van der Waals surface area contributed by atoms with Gasteiger partial charge in [0, 0.05) is 24.4 Å². The maximum absolute atomic E-state index is 13.2. The third kappa shape index (κ3) is 2.82. The molecule has 0 spiro atoms. The lowest BCUT2D eigenvalue weighted by atomic mass is 10.1. The molecule has 0 fully saturated rings. The van der Waals surface area contributed by atoms with Crippen LogP contribution in [0.1, 0.15) is 22.1 Å². The van der Waals surface area contributed by atoms with Gasteiger partial charge in [0.25, 0.3) is 0 Å². The summed E-state index contributed by atoms with van der Waals surface area (Å²) in [6, 6.07) is 6.02.